The topological polar surface area (TPSA) is 61.4 Å². The SMILES string of the molecule is CC(NC(=O)[C@@H]1CNC[C@H]1C)C(=O)N(C)C. The molecule has 0 aromatic carbocycles. The average Bonchev–Trinajstić information content (AvgIpc) is 2.62. The van der Waals surface area contributed by atoms with Crippen molar-refractivity contribution in [3.05, 3.63) is 0 Å². The number of carbonyl (C=O) groups is 2. The molecule has 0 bridgehead atoms. The van der Waals surface area contributed by atoms with Crippen LogP contribution >= 0.6 is 0 Å². The maximum absolute atomic E-state index is 11.9. The largest absolute Gasteiger partial charge is 0.347 e. The number of nitrogens with one attached hydrogen (secondary N) is 2. The first-order chi connectivity index (χ1) is 7.43. The predicted molar refractivity (Wildman–Crippen MR) is 61.8 cm³/mol. The first kappa shape index (κ1) is 13.0. The highest BCUT2D eigenvalue weighted by atomic mass is 16.2. The van der Waals surface area contributed by atoms with Crippen molar-refractivity contribution in [3.63, 3.8) is 0 Å². The Bertz CT molecular complexity index is 278. The molecule has 0 aromatic heterocycles. The Labute approximate surface area is 96.6 Å². The van der Waals surface area contributed by atoms with Crippen LogP contribution in [0.15, 0.2) is 0 Å². The molecule has 1 aliphatic rings. The van der Waals surface area contributed by atoms with E-state index in [1.165, 1.54) is 4.90 Å². The van der Waals surface area contributed by atoms with Gasteiger partial charge in [0.05, 0.1) is 5.92 Å². The zero-order valence-electron chi connectivity index (χ0n) is 10.4. The average molecular weight is 227 g/mol. The van der Waals surface area contributed by atoms with Gasteiger partial charge in [0.15, 0.2) is 0 Å². The summed E-state index contributed by atoms with van der Waals surface area (Å²) >= 11 is 0. The highest BCUT2D eigenvalue weighted by Crippen LogP contribution is 2.15. The van der Waals surface area contributed by atoms with E-state index in [-0.39, 0.29) is 17.7 Å². The number of hydrogen-bond acceptors (Lipinski definition) is 3. The number of carbonyl (C=O) groups excluding carboxylic acids is 2. The first-order valence-corrected chi connectivity index (χ1v) is 5.65. The standard InChI is InChI=1S/C11H21N3O2/c1-7-5-12-6-9(7)10(15)13-8(2)11(16)14(3)4/h7-9,12H,5-6H2,1-4H3,(H,13,15)/t7-,8?,9-/m1/s1. The van der Waals surface area contributed by atoms with Crippen LogP contribution in [0, 0.1) is 11.8 Å². The Hall–Kier alpha value is -1.10. The Morgan fingerprint density at radius 2 is 2.00 bits per heavy atom. The number of likely N-dealkylation sites (N-methyl/N-ethyl adjacent to an activating group) is 1. The van der Waals surface area contributed by atoms with Crippen molar-refractivity contribution >= 4 is 11.8 Å². The number of amides is 2. The van der Waals surface area contributed by atoms with Crippen LogP contribution < -0.4 is 10.6 Å². The van der Waals surface area contributed by atoms with Crippen LogP contribution in [-0.4, -0.2) is 49.9 Å². The Morgan fingerprint density at radius 1 is 1.38 bits per heavy atom. The molecule has 3 atom stereocenters. The van der Waals surface area contributed by atoms with E-state index in [4.69, 9.17) is 0 Å². The minimum atomic E-state index is -0.449. The minimum Gasteiger partial charge on any atom is -0.347 e. The molecule has 0 spiro atoms. The fraction of sp³-hybridized carbons (Fsp3) is 0.818. The number of nitrogens with zero attached hydrogens (tertiary/aromatic N) is 1. The molecule has 2 amide bonds. The van der Waals surface area contributed by atoms with Crippen molar-refractivity contribution in [1.82, 2.24) is 15.5 Å². The summed E-state index contributed by atoms with van der Waals surface area (Å²) in [5, 5.41) is 5.94. The van der Waals surface area contributed by atoms with Crippen LogP contribution in [0.3, 0.4) is 0 Å². The summed E-state index contributed by atoms with van der Waals surface area (Å²) in [6.45, 7) is 5.33. The maximum Gasteiger partial charge on any atom is 0.244 e. The number of hydrogen-bond donors (Lipinski definition) is 2. The lowest BCUT2D eigenvalue weighted by Gasteiger charge is -2.21. The summed E-state index contributed by atoms with van der Waals surface area (Å²) in [5.74, 6) is 0.214. The molecule has 1 unspecified atom stereocenters. The van der Waals surface area contributed by atoms with Crippen molar-refractivity contribution in [3.8, 4) is 0 Å². The molecule has 5 heteroatoms. The lowest BCUT2D eigenvalue weighted by Crippen LogP contribution is -2.47. The minimum absolute atomic E-state index is 0.0163. The van der Waals surface area contributed by atoms with Crippen LogP contribution in [-0.2, 0) is 9.59 Å². The Morgan fingerprint density at radius 3 is 2.44 bits per heavy atom. The molecule has 0 radical (unpaired) electrons. The molecular weight excluding hydrogens is 206 g/mol. The molecule has 92 valence electrons. The second-order valence-corrected chi connectivity index (χ2v) is 4.70. The van der Waals surface area contributed by atoms with Crippen LogP contribution in [0.5, 0.6) is 0 Å². The summed E-state index contributed by atoms with van der Waals surface area (Å²) in [5.41, 5.74) is 0. The van der Waals surface area contributed by atoms with Gasteiger partial charge in [-0.25, -0.2) is 0 Å². The van der Waals surface area contributed by atoms with E-state index in [0.717, 1.165) is 6.54 Å². The lowest BCUT2D eigenvalue weighted by molar-refractivity contribution is -0.135. The molecule has 5 nitrogen and oxygen atoms in total. The van der Waals surface area contributed by atoms with E-state index in [1.54, 1.807) is 21.0 Å². The van der Waals surface area contributed by atoms with Crippen LogP contribution in [0.25, 0.3) is 0 Å². The second-order valence-electron chi connectivity index (χ2n) is 4.70. The van der Waals surface area contributed by atoms with Crippen molar-refractivity contribution in [1.29, 1.82) is 0 Å². The highest BCUT2D eigenvalue weighted by Gasteiger charge is 2.31. The van der Waals surface area contributed by atoms with E-state index < -0.39 is 6.04 Å². The van der Waals surface area contributed by atoms with Gasteiger partial charge in [-0.2, -0.15) is 0 Å². The molecule has 0 aromatic rings. The van der Waals surface area contributed by atoms with Gasteiger partial charge in [0.1, 0.15) is 6.04 Å². The van der Waals surface area contributed by atoms with Crippen molar-refractivity contribution in [2.45, 2.75) is 19.9 Å². The van der Waals surface area contributed by atoms with Gasteiger partial charge in [-0.15, -0.1) is 0 Å². The van der Waals surface area contributed by atoms with Crippen molar-refractivity contribution in [2.24, 2.45) is 11.8 Å². The van der Waals surface area contributed by atoms with Crippen LogP contribution in [0.1, 0.15) is 13.8 Å². The summed E-state index contributed by atoms with van der Waals surface area (Å²) in [4.78, 5) is 24.9. The Kier molecular flexibility index (Phi) is 4.29. The number of rotatable bonds is 3. The monoisotopic (exact) mass is 227 g/mol. The summed E-state index contributed by atoms with van der Waals surface area (Å²) < 4.78 is 0. The molecule has 1 fully saturated rings. The molecule has 1 aliphatic heterocycles. The summed E-state index contributed by atoms with van der Waals surface area (Å²) in [6, 6.07) is -0.449. The van der Waals surface area contributed by atoms with Gasteiger partial charge in [0.25, 0.3) is 0 Å². The Balaban J connectivity index is 2.48. The van der Waals surface area contributed by atoms with E-state index >= 15 is 0 Å². The highest BCUT2D eigenvalue weighted by molar-refractivity contribution is 5.88. The second kappa shape index (κ2) is 5.30. The van der Waals surface area contributed by atoms with Crippen molar-refractivity contribution < 1.29 is 9.59 Å². The summed E-state index contributed by atoms with van der Waals surface area (Å²) in [6.07, 6.45) is 0. The first-order valence-electron chi connectivity index (χ1n) is 5.65. The molecule has 1 heterocycles. The molecule has 2 N–H and O–H groups in total. The lowest BCUT2D eigenvalue weighted by atomic mass is 9.97. The van der Waals surface area contributed by atoms with E-state index in [0.29, 0.717) is 12.5 Å². The third kappa shape index (κ3) is 2.95. The van der Waals surface area contributed by atoms with E-state index in [9.17, 15) is 9.59 Å². The van der Waals surface area contributed by atoms with Gasteiger partial charge in [0, 0.05) is 20.6 Å². The molecule has 1 rings (SSSR count). The van der Waals surface area contributed by atoms with Gasteiger partial charge >= 0.3 is 0 Å². The fourth-order valence-corrected chi connectivity index (χ4v) is 1.93. The quantitative estimate of drug-likeness (QED) is 0.679. The van der Waals surface area contributed by atoms with E-state index in [1.807, 2.05) is 6.92 Å². The molecule has 0 aliphatic carbocycles. The summed E-state index contributed by atoms with van der Waals surface area (Å²) in [7, 11) is 3.37. The molecular formula is C11H21N3O2. The molecule has 0 saturated carbocycles. The van der Waals surface area contributed by atoms with Gasteiger partial charge in [-0.1, -0.05) is 6.92 Å². The van der Waals surface area contributed by atoms with Gasteiger partial charge < -0.3 is 15.5 Å². The van der Waals surface area contributed by atoms with Crippen LogP contribution in [0.2, 0.25) is 0 Å². The fourth-order valence-electron chi connectivity index (χ4n) is 1.93. The van der Waals surface area contributed by atoms with Gasteiger partial charge in [0.2, 0.25) is 11.8 Å². The predicted octanol–water partition coefficient (Wildman–Crippen LogP) is -0.565. The third-order valence-corrected chi connectivity index (χ3v) is 3.02. The van der Waals surface area contributed by atoms with Gasteiger partial charge in [-0.05, 0) is 19.4 Å². The van der Waals surface area contributed by atoms with Crippen LogP contribution in [0.4, 0.5) is 0 Å². The maximum atomic E-state index is 11.9. The molecule has 16 heavy (non-hydrogen) atoms. The van der Waals surface area contributed by atoms with Crippen molar-refractivity contribution in [2.75, 3.05) is 27.2 Å². The normalized spacial score (nSPS) is 26.2. The zero-order valence-corrected chi connectivity index (χ0v) is 10.4. The third-order valence-electron chi connectivity index (χ3n) is 3.02. The zero-order chi connectivity index (χ0) is 12.3. The smallest absolute Gasteiger partial charge is 0.244 e. The van der Waals surface area contributed by atoms with Gasteiger partial charge in [-0.3, -0.25) is 9.59 Å². The van der Waals surface area contributed by atoms with E-state index in [2.05, 4.69) is 10.6 Å². The molecule has 1 saturated heterocycles.